The normalized spacial score (nSPS) is 19.3. The van der Waals surface area contributed by atoms with Gasteiger partial charge in [-0.3, -0.25) is 9.52 Å². The molecule has 9 heteroatoms. The number of rotatable bonds is 4. The van der Waals surface area contributed by atoms with Gasteiger partial charge in [0.1, 0.15) is 5.75 Å². The highest BCUT2D eigenvalue weighted by atomic mass is 32.2. The van der Waals surface area contributed by atoms with Gasteiger partial charge >= 0.3 is 10.2 Å². The highest BCUT2D eigenvalue weighted by Gasteiger charge is 2.28. The highest BCUT2D eigenvalue weighted by Crippen LogP contribution is 2.31. The Labute approximate surface area is 192 Å². The molecule has 0 unspecified atom stereocenters. The van der Waals surface area contributed by atoms with Crippen LogP contribution in [0.1, 0.15) is 28.8 Å². The number of hydrogen-bond donors (Lipinski definition) is 2. The monoisotopic (exact) mass is 464 g/mol. The maximum Gasteiger partial charge on any atom is 0.344 e. The van der Waals surface area contributed by atoms with Gasteiger partial charge in [-0.05, 0) is 41.8 Å². The van der Waals surface area contributed by atoms with Crippen LogP contribution in [-0.2, 0) is 10.2 Å². The smallest absolute Gasteiger partial charge is 0.344 e. The number of nitrogens with one attached hydrogen (secondary N) is 1. The van der Waals surface area contributed by atoms with E-state index in [-0.39, 0.29) is 17.7 Å². The molecule has 2 heterocycles. The summed E-state index contributed by atoms with van der Waals surface area (Å²) < 4.78 is 35.5. The molecule has 170 valence electrons. The molecule has 0 saturated carbocycles. The number of fused-ring (bicyclic) bond motifs is 2. The zero-order valence-corrected chi connectivity index (χ0v) is 18.7. The van der Waals surface area contributed by atoms with Crippen LogP contribution in [0, 0.1) is 5.92 Å². The van der Waals surface area contributed by atoms with E-state index in [0.717, 1.165) is 23.6 Å². The van der Waals surface area contributed by atoms with Crippen molar-refractivity contribution in [3.05, 3.63) is 71.8 Å². The Bertz CT molecular complexity index is 1360. The Hall–Kier alpha value is -3.59. The lowest BCUT2D eigenvalue weighted by atomic mass is 9.97. The van der Waals surface area contributed by atoms with Crippen molar-refractivity contribution in [3.63, 3.8) is 0 Å². The second-order valence-corrected chi connectivity index (χ2v) is 9.67. The Morgan fingerprint density at radius 1 is 1.12 bits per heavy atom. The molecule has 0 bridgehead atoms. The van der Waals surface area contributed by atoms with E-state index < -0.39 is 10.2 Å². The third kappa shape index (κ3) is 4.23. The fraction of sp³-hybridized carbons (Fsp3) is 0.250. The van der Waals surface area contributed by atoms with Crippen LogP contribution < -0.4 is 15.2 Å². The van der Waals surface area contributed by atoms with Crippen molar-refractivity contribution < 1.29 is 17.9 Å². The predicted molar refractivity (Wildman–Crippen MR) is 128 cm³/mol. The molecule has 0 aliphatic carbocycles. The van der Waals surface area contributed by atoms with Gasteiger partial charge in [0, 0.05) is 24.6 Å². The molecule has 1 atom stereocenters. The molecule has 8 nitrogen and oxygen atoms in total. The molecule has 33 heavy (non-hydrogen) atoms. The van der Waals surface area contributed by atoms with Crippen molar-refractivity contribution >= 4 is 38.4 Å². The first kappa shape index (κ1) is 21.3. The van der Waals surface area contributed by atoms with Crippen LogP contribution in [0.25, 0.3) is 10.8 Å². The van der Waals surface area contributed by atoms with Gasteiger partial charge in [-0.1, -0.05) is 42.5 Å². The van der Waals surface area contributed by atoms with E-state index in [4.69, 9.17) is 10.5 Å². The quantitative estimate of drug-likeness (QED) is 0.616. The Morgan fingerprint density at radius 2 is 1.91 bits per heavy atom. The minimum atomic E-state index is -3.84. The summed E-state index contributed by atoms with van der Waals surface area (Å²) in [6.07, 6.45) is 1.82. The number of ether oxygens (including phenoxy) is 1. The minimum absolute atomic E-state index is 0.0272. The maximum atomic E-state index is 13.3. The van der Waals surface area contributed by atoms with Crippen molar-refractivity contribution in [2.45, 2.75) is 12.8 Å². The lowest BCUT2D eigenvalue weighted by molar-refractivity contribution is 0.0635. The molecule has 1 saturated heterocycles. The van der Waals surface area contributed by atoms with Crippen LogP contribution >= 0.6 is 0 Å². The third-order valence-corrected chi connectivity index (χ3v) is 6.96. The van der Waals surface area contributed by atoms with Gasteiger partial charge in [0.2, 0.25) is 0 Å². The number of nitrogens with zero attached hydrogens (tertiary/aromatic N) is 2. The molecule has 5 rings (SSSR count). The zero-order chi connectivity index (χ0) is 23.0. The molecule has 3 N–H and O–H groups in total. The lowest BCUT2D eigenvalue weighted by Gasteiger charge is -2.33. The Balaban J connectivity index is 1.31. The van der Waals surface area contributed by atoms with Crippen LogP contribution in [0.5, 0.6) is 5.75 Å². The van der Waals surface area contributed by atoms with Gasteiger partial charge in [0.05, 0.1) is 17.9 Å². The van der Waals surface area contributed by atoms with Crippen LogP contribution in [-0.4, -0.2) is 44.8 Å². The van der Waals surface area contributed by atoms with Crippen molar-refractivity contribution in [2.24, 2.45) is 16.0 Å². The number of amidine groups is 1. The van der Waals surface area contributed by atoms with Crippen LogP contribution in [0.2, 0.25) is 0 Å². The first-order valence-corrected chi connectivity index (χ1v) is 12.3. The number of carbonyl (C=O) groups is 1. The second-order valence-electron chi connectivity index (χ2n) is 8.33. The van der Waals surface area contributed by atoms with Crippen molar-refractivity contribution in [2.75, 3.05) is 24.4 Å². The molecule has 1 amide bonds. The average molecular weight is 465 g/mol. The van der Waals surface area contributed by atoms with E-state index in [1.54, 1.807) is 18.2 Å². The molecule has 2 aliphatic rings. The van der Waals surface area contributed by atoms with E-state index in [9.17, 15) is 13.2 Å². The van der Waals surface area contributed by atoms with E-state index in [1.807, 2.05) is 47.4 Å². The van der Waals surface area contributed by atoms with Gasteiger partial charge in [0.25, 0.3) is 5.91 Å². The minimum Gasteiger partial charge on any atom is -0.492 e. The van der Waals surface area contributed by atoms with E-state index in [1.165, 1.54) is 0 Å². The largest absolute Gasteiger partial charge is 0.492 e. The van der Waals surface area contributed by atoms with Crippen LogP contribution in [0.15, 0.2) is 65.1 Å². The SMILES string of the molecule is NC1=NS(=O)(=O)Nc2cccc(OC[C@H]3CCCN(C(=O)c4cccc5ccccc45)C3)c21. The van der Waals surface area contributed by atoms with Crippen molar-refractivity contribution in [1.29, 1.82) is 0 Å². The summed E-state index contributed by atoms with van der Waals surface area (Å²) in [5.74, 6) is 0.538. The number of piperidine rings is 1. The van der Waals surface area contributed by atoms with Gasteiger partial charge in [0.15, 0.2) is 5.84 Å². The zero-order valence-electron chi connectivity index (χ0n) is 17.9. The van der Waals surface area contributed by atoms with Crippen molar-refractivity contribution in [3.8, 4) is 5.75 Å². The number of benzene rings is 3. The maximum absolute atomic E-state index is 13.3. The molecule has 0 aromatic heterocycles. The second kappa shape index (κ2) is 8.40. The number of carbonyl (C=O) groups excluding carboxylic acids is 1. The first-order valence-electron chi connectivity index (χ1n) is 10.8. The first-order chi connectivity index (χ1) is 15.9. The Kier molecular flexibility index (Phi) is 5.41. The molecule has 3 aromatic carbocycles. The van der Waals surface area contributed by atoms with Crippen LogP contribution in [0.3, 0.4) is 0 Å². The summed E-state index contributed by atoms with van der Waals surface area (Å²) in [6.45, 7) is 1.68. The topological polar surface area (TPSA) is 114 Å². The highest BCUT2D eigenvalue weighted by molar-refractivity contribution is 7.91. The number of hydrogen-bond acceptors (Lipinski definition) is 5. The van der Waals surface area contributed by atoms with E-state index >= 15 is 0 Å². The third-order valence-electron chi connectivity index (χ3n) is 6.04. The van der Waals surface area contributed by atoms with Crippen molar-refractivity contribution in [1.82, 2.24) is 4.90 Å². The van der Waals surface area contributed by atoms with Gasteiger partial charge in [-0.25, -0.2) is 0 Å². The van der Waals surface area contributed by atoms with E-state index in [0.29, 0.717) is 42.3 Å². The number of anilines is 1. The van der Waals surface area contributed by atoms with Crippen LogP contribution in [0.4, 0.5) is 5.69 Å². The molecule has 0 radical (unpaired) electrons. The number of nitrogens with two attached hydrogens (primary N) is 1. The number of amides is 1. The van der Waals surface area contributed by atoms with Gasteiger partial charge in [-0.15, -0.1) is 4.40 Å². The Morgan fingerprint density at radius 3 is 2.79 bits per heavy atom. The standard InChI is InChI=1S/C24H24N4O4S/c25-23-22-20(26-33(30,31)27-23)11-4-12-21(22)32-15-16-6-5-13-28(14-16)24(29)19-10-3-8-17-7-1-2-9-18(17)19/h1-4,7-12,16,26H,5-6,13-15H2,(H2,25,27)/t16-/m0/s1. The molecule has 1 fully saturated rings. The summed E-state index contributed by atoms with van der Waals surface area (Å²) in [4.78, 5) is 15.2. The summed E-state index contributed by atoms with van der Waals surface area (Å²) in [5, 5.41) is 2.00. The van der Waals surface area contributed by atoms with Gasteiger partial charge in [-0.2, -0.15) is 8.42 Å². The predicted octanol–water partition coefficient (Wildman–Crippen LogP) is 3.15. The van der Waals surface area contributed by atoms with Gasteiger partial charge < -0.3 is 15.4 Å². The fourth-order valence-corrected chi connectivity index (χ4v) is 5.36. The molecule has 3 aromatic rings. The molecule has 0 spiro atoms. The lowest BCUT2D eigenvalue weighted by Crippen LogP contribution is -2.41. The summed E-state index contributed by atoms with van der Waals surface area (Å²) in [6, 6.07) is 18.8. The molecular formula is C24H24N4O4S. The molecule has 2 aliphatic heterocycles. The fourth-order valence-electron chi connectivity index (χ4n) is 4.51. The van der Waals surface area contributed by atoms with E-state index in [2.05, 4.69) is 9.12 Å². The molecular weight excluding hydrogens is 440 g/mol. The average Bonchev–Trinajstić information content (AvgIpc) is 2.81. The summed E-state index contributed by atoms with van der Waals surface area (Å²) >= 11 is 0. The number of likely N-dealkylation sites (tertiary alicyclic amines) is 1. The summed E-state index contributed by atoms with van der Waals surface area (Å²) in [7, 11) is -3.84. The summed E-state index contributed by atoms with van der Waals surface area (Å²) in [5.41, 5.74) is 7.39.